The van der Waals surface area contributed by atoms with E-state index in [4.69, 9.17) is 0 Å². The van der Waals surface area contributed by atoms with Gasteiger partial charge in [-0.1, -0.05) is 30.2 Å². The average Bonchev–Trinajstić information content (AvgIpc) is 2.15. The Morgan fingerprint density at radius 3 is 2.00 bits per heavy atom. The van der Waals surface area contributed by atoms with Crippen LogP contribution in [0.25, 0.3) is 0 Å². The molecule has 2 atom stereocenters. The van der Waals surface area contributed by atoms with Crippen LogP contribution >= 0.6 is 0 Å². The van der Waals surface area contributed by atoms with Crippen LogP contribution in [0.3, 0.4) is 0 Å². The third-order valence-corrected chi connectivity index (χ3v) is 3.78. The summed E-state index contributed by atoms with van der Waals surface area (Å²) in [7, 11) is 0. The summed E-state index contributed by atoms with van der Waals surface area (Å²) in [6.45, 7) is 3.44. The Labute approximate surface area is 101 Å². The van der Waals surface area contributed by atoms with Gasteiger partial charge in [-0.25, -0.2) is 0 Å². The Morgan fingerprint density at radius 2 is 1.61 bits per heavy atom. The van der Waals surface area contributed by atoms with E-state index in [0.29, 0.717) is 0 Å². The van der Waals surface area contributed by atoms with Gasteiger partial charge in [-0.3, -0.25) is 0 Å². The van der Waals surface area contributed by atoms with Gasteiger partial charge in [0.25, 0.3) is 0 Å². The van der Waals surface area contributed by atoms with Gasteiger partial charge in [0.05, 0.1) is 11.8 Å². The monoisotopic (exact) mass is 272 g/mol. The van der Waals surface area contributed by atoms with Crippen molar-refractivity contribution in [1.29, 1.82) is 0 Å². The fraction of sp³-hybridized carbons (Fsp3) is 0.667. The Kier molecular flexibility index (Phi) is 3.62. The fourth-order valence-electron chi connectivity index (χ4n) is 2.17. The van der Waals surface area contributed by atoms with Crippen molar-refractivity contribution in [2.45, 2.75) is 39.5 Å². The van der Waals surface area contributed by atoms with Gasteiger partial charge in [0.1, 0.15) is 0 Å². The molecule has 1 aliphatic rings. The Hall–Kier alpha value is -0.940. The number of halogens is 6. The minimum atomic E-state index is -4.57. The summed E-state index contributed by atoms with van der Waals surface area (Å²) in [5.74, 6) is -1.22. The van der Waals surface area contributed by atoms with Crippen LogP contribution in [-0.4, -0.2) is 12.4 Å². The van der Waals surface area contributed by atoms with Gasteiger partial charge in [0.2, 0.25) is 0 Å². The van der Waals surface area contributed by atoms with Crippen molar-refractivity contribution in [3.63, 3.8) is 0 Å². The van der Waals surface area contributed by atoms with E-state index in [1.54, 1.807) is 0 Å². The van der Waals surface area contributed by atoms with E-state index < -0.39 is 30.1 Å². The van der Waals surface area contributed by atoms with Crippen molar-refractivity contribution < 1.29 is 26.3 Å². The van der Waals surface area contributed by atoms with Crippen LogP contribution < -0.4 is 0 Å². The molecule has 0 amide bonds. The molecule has 0 nitrogen and oxygen atoms in total. The third-order valence-electron chi connectivity index (χ3n) is 3.78. The van der Waals surface area contributed by atoms with E-state index >= 15 is 0 Å². The molecule has 0 fully saturated rings. The Bertz CT molecular complexity index is 384. The van der Waals surface area contributed by atoms with Crippen LogP contribution in [0.1, 0.15) is 27.2 Å². The second kappa shape index (κ2) is 4.31. The van der Waals surface area contributed by atoms with E-state index in [1.165, 1.54) is 13.8 Å². The summed E-state index contributed by atoms with van der Waals surface area (Å²) in [6.07, 6.45) is -8.08. The van der Waals surface area contributed by atoms with Crippen LogP contribution in [0.15, 0.2) is 23.3 Å². The third kappa shape index (κ3) is 2.57. The molecular formula is C12H14F6. The minimum Gasteiger partial charge on any atom is -0.171 e. The van der Waals surface area contributed by atoms with E-state index in [0.717, 1.165) is 19.1 Å². The van der Waals surface area contributed by atoms with Crippen molar-refractivity contribution in [3.8, 4) is 0 Å². The molecule has 1 unspecified atom stereocenters. The highest BCUT2D eigenvalue weighted by atomic mass is 19.4. The number of hydrogen-bond donors (Lipinski definition) is 0. The van der Waals surface area contributed by atoms with E-state index in [9.17, 15) is 26.3 Å². The zero-order valence-corrected chi connectivity index (χ0v) is 10.2. The van der Waals surface area contributed by atoms with E-state index in [1.807, 2.05) is 0 Å². The predicted octanol–water partition coefficient (Wildman–Crippen LogP) is 5.03. The van der Waals surface area contributed by atoms with Crippen LogP contribution in [0, 0.1) is 11.3 Å². The van der Waals surface area contributed by atoms with Crippen LogP contribution in [-0.2, 0) is 0 Å². The van der Waals surface area contributed by atoms with Gasteiger partial charge < -0.3 is 0 Å². The highest BCUT2D eigenvalue weighted by Crippen LogP contribution is 2.54. The number of rotatable bonds is 1. The van der Waals surface area contributed by atoms with Gasteiger partial charge in [-0.15, -0.1) is 0 Å². The number of allylic oxidation sites excluding steroid dienone is 4. The Morgan fingerprint density at radius 1 is 1.11 bits per heavy atom. The first kappa shape index (κ1) is 15.1. The van der Waals surface area contributed by atoms with E-state index in [-0.39, 0.29) is 11.1 Å². The van der Waals surface area contributed by atoms with Gasteiger partial charge in [-0.2, -0.15) is 26.3 Å². The fourth-order valence-corrected chi connectivity index (χ4v) is 2.17. The molecule has 0 aromatic carbocycles. The molecule has 0 aromatic rings. The smallest absolute Gasteiger partial charge is 0.171 e. The van der Waals surface area contributed by atoms with Crippen molar-refractivity contribution in [1.82, 2.24) is 0 Å². The first-order valence-corrected chi connectivity index (χ1v) is 5.41. The highest BCUT2D eigenvalue weighted by molar-refractivity contribution is 5.33. The largest absolute Gasteiger partial charge is 0.398 e. The molecule has 1 aliphatic carbocycles. The maximum atomic E-state index is 13.1. The van der Waals surface area contributed by atoms with Gasteiger partial charge in [-0.05, 0) is 19.8 Å². The summed E-state index contributed by atoms with van der Waals surface area (Å²) in [4.78, 5) is 0. The van der Waals surface area contributed by atoms with Gasteiger partial charge >= 0.3 is 12.4 Å². The molecule has 0 spiro atoms. The zero-order valence-electron chi connectivity index (χ0n) is 10.2. The lowest BCUT2D eigenvalue weighted by atomic mass is 9.66. The first-order valence-electron chi connectivity index (χ1n) is 5.41. The molecule has 0 radical (unpaired) electrons. The molecule has 0 aromatic heterocycles. The molecule has 0 N–H and O–H groups in total. The molecule has 0 heterocycles. The minimum absolute atomic E-state index is 0.0356. The normalized spacial score (nSPS) is 29.9. The highest BCUT2D eigenvalue weighted by Gasteiger charge is 2.57. The summed E-state index contributed by atoms with van der Waals surface area (Å²) >= 11 is 0. The standard InChI is InChI=1S/C12H14F6/c1-7-4-5-9(6-11(13,14)15)8(2)10(7,3)12(16,17)18/h4-5,8H,6H2,1-3H3/t8?,10-/m0/s1. The average molecular weight is 272 g/mol. The molecule has 6 heteroatoms. The van der Waals surface area contributed by atoms with Crippen molar-refractivity contribution >= 4 is 0 Å². The number of hydrogen-bond acceptors (Lipinski definition) is 0. The van der Waals surface area contributed by atoms with E-state index in [2.05, 4.69) is 0 Å². The maximum Gasteiger partial charge on any atom is 0.398 e. The first-order chi connectivity index (χ1) is 7.89. The number of alkyl halides is 6. The molecule has 1 rings (SSSR count). The second-order valence-electron chi connectivity index (χ2n) is 4.81. The topological polar surface area (TPSA) is 0 Å². The molecule has 0 bridgehead atoms. The Balaban J connectivity index is 3.16. The lowest BCUT2D eigenvalue weighted by Gasteiger charge is -2.42. The zero-order chi connectivity index (χ0) is 14.4. The van der Waals surface area contributed by atoms with Crippen molar-refractivity contribution in [3.05, 3.63) is 23.3 Å². The predicted molar refractivity (Wildman–Crippen MR) is 55.8 cm³/mol. The summed E-state index contributed by atoms with van der Waals surface area (Å²) in [6, 6.07) is 0. The molecule has 18 heavy (non-hydrogen) atoms. The molecule has 0 aliphatic heterocycles. The van der Waals surface area contributed by atoms with Gasteiger partial charge in [0, 0.05) is 0 Å². The molecule has 104 valence electrons. The molecule has 0 saturated carbocycles. The SMILES string of the molecule is CC1=CC=C(CC(F)(F)F)C(C)[C@@]1(C)C(F)(F)F. The lowest BCUT2D eigenvalue weighted by molar-refractivity contribution is -0.218. The van der Waals surface area contributed by atoms with Crippen LogP contribution in [0.2, 0.25) is 0 Å². The summed E-state index contributed by atoms with van der Waals surface area (Å²) < 4.78 is 76.2. The van der Waals surface area contributed by atoms with Gasteiger partial charge in [0.15, 0.2) is 0 Å². The molecule has 0 saturated heterocycles. The second-order valence-corrected chi connectivity index (χ2v) is 4.81. The van der Waals surface area contributed by atoms with Crippen LogP contribution in [0.5, 0.6) is 0 Å². The summed E-state index contributed by atoms with van der Waals surface area (Å²) in [5.41, 5.74) is -2.43. The summed E-state index contributed by atoms with van der Waals surface area (Å²) in [5, 5.41) is 0. The van der Waals surface area contributed by atoms with Crippen molar-refractivity contribution in [2.24, 2.45) is 11.3 Å². The maximum absolute atomic E-state index is 13.1. The quantitative estimate of drug-likeness (QED) is 0.587. The van der Waals surface area contributed by atoms with Crippen LogP contribution in [0.4, 0.5) is 26.3 Å². The lowest BCUT2D eigenvalue weighted by Crippen LogP contribution is -2.44. The molecular weight excluding hydrogens is 258 g/mol. The van der Waals surface area contributed by atoms with Crippen molar-refractivity contribution in [2.75, 3.05) is 0 Å².